The molecule has 168 valence electrons. The Morgan fingerprint density at radius 1 is 1.10 bits per heavy atom. The molecule has 0 saturated heterocycles. The molecule has 0 bridgehead atoms. The van der Waals surface area contributed by atoms with Gasteiger partial charge in [0.1, 0.15) is 17.6 Å². The average molecular weight is 447 g/mol. The molecule has 0 heterocycles. The largest absolute Gasteiger partial charge is 0.497 e. The molecule has 0 aliphatic rings. The topological polar surface area (TPSA) is 58.6 Å². The van der Waals surface area contributed by atoms with E-state index < -0.39 is 6.04 Å². The van der Waals surface area contributed by atoms with Gasteiger partial charge in [-0.05, 0) is 48.7 Å². The fourth-order valence-electron chi connectivity index (χ4n) is 2.97. The minimum Gasteiger partial charge on any atom is -0.497 e. The molecule has 1 N–H and O–H groups in total. The molecular formula is C24H31FN2O3S. The zero-order chi connectivity index (χ0) is 22.6. The van der Waals surface area contributed by atoms with E-state index in [-0.39, 0.29) is 29.9 Å². The zero-order valence-corrected chi connectivity index (χ0v) is 19.2. The highest BCUT2D eigenvalue weighted by Crippen LogP contribution is 2.18. The maximum Gasteiger partial charge on any atom is 0.242 e. The number of carbonyl (C=O) groups excluding carboxylic acids is 2. The summed E-state index contributed by atoms with van der Waals surface area (Å²) >= 11 is 1.50. The van der Waals surface area contributed by atoms with Gasteiger partial charge in [-0.1, -0.05) is 37.6 Å². The molecule has 2 aromatic rings. The van der Waals surface area contributed by atoms with Gasteiger partial charge < -0.3 is 15.0 Å². The number of unbranched alkanes of at least 4 members (excludes halogenated alkanes) is 1. The lowest BCUT2D eigenvalue weighted by molar-refractivity contribution is -0.138. The molecule has 0 aromatic heterocycles. The van der Waals surface area contributed by atoms with E-state index in [4.69, 9.17) is 4.74 Å². The van der Waals surface area contributed by atoms with Crippen molar-refractivity contribution >= 4 is 23.6 Å². The lowest BCUT2D eigenvalue weighted by atomic mass is 10.1. The summed E-state index contributed by atoms with van der Waals surface area (Å²) in [4.78, 5) is 27.2. The van der Waals surface area contributed by atoms with Crippen molar-refractivity contribution in [1.29, 1.82) is 0 Å². The number of methoxy groups -OCH3 is 1. The van der Waals surface area contributed by atoms with E-state index in [1.807, 2.05) is 24.3 Å². The molecule has 2 amide bonds. The molecule has 31 heavy (non-hydrogen) atoms. The van der Waals surface area contributed by atoms with Crippen LogP contribution in [0.3, 0.4) is 0 Å². The van der Waals surface area contributed by atoms with Gasteiger partial charge in [0.25, 0.3) is 0 Å². The van der Waals surface area contributed by atoms with Crippen molar-refractivity contribution in [3.63, 3.8) is 0 Å². The standard InChI is InChI=1S/C24H31FN2O3S/c1-4-5-14-26-24(29)18(2)27(15-19-6-10-21(25)11-7-19)23(28)17-31-16-20-8-12-22(30-3)13-9-20/h6-13,18H,4-5,14-17H2,1-3H3,(H,26,29)/t18-/m0/s1. The van der Waals surface area contributed by atoms with Crippen molar-refractivity contribution in [1.82, 2.24) is 10.2 Å². The molecule has 0 fully saturated rings. The Labute approximate surface area is 188 Å². The first-order valence-corrected chi connectivity index (χ1v) is 11.6. The van der Waals surface area contributed by atoms with E-state index >= 15 is 0 Å². The molecule has 1 atom stereocenters. The predicted molar refractivity (Wildman–Crippen MR) is 123 cm³/mol. The number of amides is 2. The van der Waals surface area contributed by atoms with Crippen LogP contribution in [-0.2, 0) is 21.9 Å². The Kier molecular flexibility index (Phi) is 10.4. The molecular weight excluding hydrogens is 415 g/mol. The molecule has 5 nitrogen and oxygen atoms in total. The van der Waals surface area contributed by atoms with Crippen LogP contribution in [0.15, 0.2) is 48.5 Å². The van der Waals surface area contributed by atoms with Crippen molar-refractivity contribution in [2.45, 2.75) is 45.0 Å². The minimum absolute atomic E-state index is 0.124. The Morgan fingerprint density at radius 3 is 2.35 bits per heavy atom. The maximum absolute atomic E-state index is 13.3. The number of hydrogen-bond donors (Lipinski definition) is 1. The van der Waals surface area contributed by atoms with Crippen LogP contribution in [-0.4, -0.2) is 42.2 Å². The lowest BCUT2D eigenvalue weighted by Crippen LogP contribution is -2.48. The smallest absolute Gasteiger partial charge is 0.242 e. The van der Waals surface area contributed by atoms with Gasteiger partial charge in [-0.25, -0.2) is 4.39 Å². The first-order chi connectivity index (χ1) is 14.9. The summed E-state index contributed by atoms with van der Waals surface area (Å²) in [5.41, 5.74) is 1.87. The Balaban J connectivity index is 2.01. The third-order valence-electron chi connectivity index (χ3n) is 4.92. The summed E-state index contributed by atoms with van der Waals surface area (Å²) in [6.45, 7) is 4.63. The molecule has 0 spiro atoms. The molecule has 2 rings (SSSR count). The Morgan fingerprint density at radius 2 is 1.74 bits per heavy atom. The highest BCUT2D eigenvalue weighted by molar-refractivity contribution is 7.99. The number of carbonyl (C=O) groups is 2. The summed E-state index contributed by atoms with van der Waals surface area (Å²) in [5, 5.41) is 2.89. The van der Waals surface area contributed by atoms with E-state index in [0.29, 0.717) is 12.3 Å². The second-order valence-corrected chi connectivity index (χ2v) is 8.30. The predicted octanol–water partition coefficient (Wildman–Crippen LogP) is 4.40. The zero-order valence-electron chi connectivity index (χ0n) is 18.4. The number of halogens is 1. The fourth-order valence-corrected chi connectivity index (χ4v) is 3.84. The van der Waals surface area contributed by atoms with Gasteiger partial charge in [0, 0.05) is 18.8 Å². The van der Waals surface area contributed by atoms with Crippen LogP contribution in [0, 0.1) is 5.82 Å². The molecule has 0 unspecified atom stereocenters. The van der Waals surface area contributed by atoms with Crippen molar-refractivity contribution in [2.24, 2.45) is 0 Å². The van der Waals surface area contributed by atoms with Gasteiger partial charge in [0.2, 0.25) is 11.8 Å². The van der Waals surface area contributed by atoms with E-state index in [1.165, 1.54) is 23.9 Å². The average Bonchev–Trinajstić information content (AvgIpc) is 2.78. The van der Waals surface area contributed by atoms with Gasteiger partial charge in [-0.3, -0.25) is 9.59 Å². The van der Waals surface area contributed by atoms with Gasteiger partial charge in [-0.15, -0.1) is 11.8 Å². The summed E-state index contributed by atoms with van der Waals surface area (Å²) in [7, 11) is 1.62. The summed E-state index contributed by atoms with van der Waals surface area (Å²) < 4.78 is 18.4. The first-order valence-electron chi connectivity index (χ1n) is 10.5. The third-order valence-corrected chi connectivity index (χ3v) is 5.90. The first kappa shape index (κ1) is 24.7. The highest BCUT2D eigenvalue weighted by Gasteiger charge is 2.25. The van der Waals surface area contributed by atoms with Gasteiger partial charge in [-0.2, -0.15) is 0 Å². The van der Waals surface area contributed by atoms with Crippen molar-refractivity contribution in [3.05, 3.63) is 65.5 Å². The summed E-state index contributed by atoms with van der Waals surface area (Å²) in [6, 6.07) is 13.1. The van der Waals surface area contributed by atoms with Crippen LogP contribution < -0.4 is 10.1 Å². The van der Waals surface area contributed by atoms with Gasteiger partial charge in [0.15, 0.2) is 0 Å². The van der Waals surface area contributed by atoms with E-state index in [9.17, 15) is 14.0 Å². The SMILES string of the molecule is CCCCNC(=O)[C@H](C)N(Cc1ccc(F)cc1)C(=O)CSCc1ccc(OC)cc1. The number of nitrogens with zero attached hydrogens (tertiary/aromatic N) is 1. The number of nitrogens with one attached hydrogen (secondary N) is 1. The fraction of sp³-hybridized carbons (Fsp3) is 0.417. The van der Waals surface area contributed by atoms with Crippen molar-refractivity contribution < 1.29 is 18.7 Å². The monoisotopic (exact) mass is 446 g/mol. The minimum atomic E-state index is -0.615. The van der Waals surface area contributed by atoms with E-state index in [1.54, 1.807) is 31.1 Å². The number of rotatable bonds is 12. The number of hydrogen-bond acceptors (Lipinski definition) is 4. The van der Waals surface area contributed by atoms with E-state index in [2.05, 4.69) is 12.2 Å². The number of ether oxygens (including phenoxy) is 1. The molecule has 0 aliphatic heterocycles. The van der Waals surface area contributed by atoms with Gasteiger partial charge >= 0.3 is 0 Å². The summed E-state index contributed by atoms with van der Waals surface area (Å²) in [6.07, 6.45) is 1.87. The molecule has 2 aromatic carbocycles. The van der Waals surface area contributed by atoms with Crippen LogP contribution in [0.1, 0.15) is 37.8 Å². The van der Waals surface area contributed by atoms with Gasteiger partial charge in [0.05, 0.1) is 12.9 Å². The number of thioether (sulfide) groups is 1. The normalized spacial score (nSPS) is 11.6. The molecule has 0 aliphatic carbocycles. The van der Waals surface area contributed by atoms with Crippen LogP contribution >= 0.6 is 11.8 Å². The van der Waals surface area contributed by atoms with Crippen LogP contribution in [0.5, 0.6) is 5.75 Å². The van der Waals surface area contributed by atoms with Crippen LogP contribution in [0.2, 0.25) is 0 Å². The van der Waals surface area contributed by atoms with Crippen molar-refractivity contribution in [2.75, 3.05) is 19.4 Å². The van der Waals surface area contributed by atoms with E-state index in [0.717, 1.165) is 29.7 Å². The second kappa shape index (κ2) is 13.0. The molecule has 0 saturated carbocycles. The molecule has 7 heteroatoms. The Bertz CT molecular complexity index is 828. The maximum atomic E-state index is 13.3. The quantitative estimate of drug-likeness (QED) is 0.491. The third kappa shape index (κ3) is 8.25. The highest BCUT2D eigenvalue weighted by atomic mass is 32.2. The summed E-state index contributed by atoms with van der Waals surface area (Å²) in [5.74, 6) is 1.09. The Hall–Kier alpha value is -2.54. The lowest BCUT2D eigenvalue weighted by Gasteiger charge is -2.28. The molecule has 0 radical (unpaired) electrons. The van der Waals surface area contributed by atoms with Crippen LogP contribution in [0.4, 0.5) is 4.39 Å². The number of benzene rings is 2. The van der Waals surface area contributed by atoms with Crippen LogP contribution in [0.25, 0.3) is 0 Å². The second-order valence-electron chi connectivity index (χ2n) is 7.31. The van der Waals surface area contributed by atoms with Crippen molar-refractivity contribution in [3.8, 4) is 5.75 Å².